The lowest BCUT2D eigenvalue weighted by molar-refractivity contribution is 0.0762. The van der Waals surface area contributed by atoms with E-state index in [0.29, 0.717) is 26.2 Å². The highest BCUT2D eigenvalue weighted by Crippen LogP contribution is 2.23. The molecule has 1 N–H and O–H groups in total. The van der Waals surface area contributed by atoms with E-state index in [9.17, 15) is 9.59 Å². The summed E-state index contributed by atoms with van der Waals surface area (Å²) in [5.41, 5.74) is 3.53. The molecule has 0 unspecified atom stereocenters. The van der Waals surface area contributed by atoms with Gasteiger partial charge in [0.25, 0.3) is 5.91 Å². The fourth-order valence-electron chi connectivity index (χ4n) is 3.71. The molecule has 2 aliphatic rings. The van der Waals surface area contributed by atoms with Gasteiger partial charge in [-0.2, -0.15) is 0 Å². The number of fused-ring (bicyclic) bond motifs is 1. The zero-order valence-electron chi connectivity index (χ0n) is 15.4. The highest BCUT2D eigenvalue weighted by molar-refractivity contribution is 5.94. The summed E-state index contributed by atoms with van der Waals surface area (Å²) < 4.78 is 0. The Morgan fingerprint density at radius 3 is 2.36 bits per heavy atom. The highest BCUT2D eigenvalue weighted by atomic mass is 16.2. The van der Waals surface area contributed by atoms with Gasteiger partial charge in [-0.3, -0.25) is 4.79 Å². The van der Waals surface area contributed by atoms with Gasteiger partial charge in [0.15, 0.2) is 0 Å². The van der Waals surface area contributed by atoms with E-state index in [0.717, 1.165) is 24.8 Å². The molecule has 5 heteroatoms. The first kappa shape index (κ1) is 17.8. The minimum Gasteiger partial charge on any atom is -0.337 e. The zero-order valence-corrected chi connectivity index (χ0v) is 15.4. The number of nitrogens with one attached hydrogen (secondary N) is 1. The van der Waals surface area contributed by atoms with E-state index in [1.54, 1.807) is 0 Å². The molecule has 1 aliphatic carbocycles. The maximum absolute atomic E-state index is 12.9. The number of rotatable bonds is 2. The Morgan fingerprint density at radius 1 is 0.920 bits per heavy atom. The van der Waals surface area contributed by atoms with Gasteiger partial charge < -0.3 is 15.1 Å². The van der Waals surface area contributed by atoms with Crippen molar-refractivity contribution in [2.24, 2.45) is 0 Å². The summed E-state index contributed by atoms with van der Waals surface area (Å²) in [6, 6.07) is 6.29. The Kier molecular flexibility index (Phi) is 5.61. The van der Waals surface area contributed by atoms with E-state index in [4.69, 9.17) is 0 Å². The molecule has 0 bridgehead atoms. The zero-order chi connectivity index (χ0) is 17.8. The largest absolute Gasteiger partial charge is 0.337 e. The molecule has 136 valence electrons. The van der Waals surface area contributed by atoms with E-state index >= 15 is 0 Å². The first-order valence-corrected chi connectivity index (χ1v) is 9.51. The van der Waals surface area contributed by atoms with Crippen LogP contribution in [0.5, 0.6) is 0 Å². The monoisotopic (exact) mass is 343 g/mol. The molecular weight excluding hydrogens is 314 g/mol. The standard InChI is InChI=1S/C20H29N3O2/c1-15(2)21-20(25)23-11-5-10-22(12-13-23)19(24)18-9-8-16-6-3-4-7-17(16)14-18/h8-9,14-15H,3-7,10-13H2,1-2H3,(H,21,25). The lowest BCUT2D eigenvalue weighted by atomic mass is 9.90. The normalized spacial score (nSPS) is 17.9. The van der Waals surface area contributed by atoms with Gasteiger partial charge in [0.2, 0.25) is 0 Å². The molecular formula is C20H29N3O2. The van der Waals surface area contributed by atoms with Gasteiger partial charge in [-0.25, -0.2) is 4.79 Å². The molecule has 1 aromatic rings. The Balaban J connectivity index is 1.64. The van der Waals surface area contributed by atoms with Crippen LogP contribution >= 0.6 is 0 Å². The first-order chi connectivity index (χ1) is 12.0. The van der Waals surface area contributed by atoms with Gasteiger partial charge in [0.05, 0.1) is 0 Å². The number of aryl methyl sites for hydroxylation is 2. The SMILES string of the molecule is CC(C)NC(=O)N1CCCN(C(=O)c2ccc3c(c2)CCCC3)CC1. The highest BCUT2D eigenvalue weighted by Gasteiger charge is 2.23. The van der Waals surface area contributed by atoms with Crippen LogP contribution in [-0.4, -0.2) is 54.0 Å². The predicted octanol–water partition coefficient (Wildman–Crippen LogP) is 2.83. The van der Waals surface area contributed by atoms with Crippen molar-refractivity contribution in [1.82, 2.24) is 15.1 Å². The van der Waals surface area contributed by atoms with Gasteiger partial charge in [-0.05, 0) is 69.2 Å². The summed E-state index contributed by atoms with van der Waals surface area (Å²) in [5, 5.41) is 2.93. The molecule has 1 saturated heterocycles. The van der Waals surface area contributed by atoms with Crippen molar-refractivity contribution in [2.75, 3.05) is 26.2 Å². The van der Waals surface area contributed by atoms with Gasteiger partial charge >= 0.3 is 6.03 Å². The number of urea groups is 1. The molecule has 3 amide bonds. The number of hydrogen-bond acceptors (Lipinski definition) is 2. The Labute approximate surface area is 150 Å². The van der Waals surface area contributed by atoms with E-state index in [2.05, 4.69) is 17.4 Å². The molecule has 1 heterocycles. The van der Waals surface area contributed by atoms with Crippen LogP contribution < -0.4 is 5.32 Å². The second kappa shape index (κ2) is 7.89. The van der Waals surface area contributed by atoms with Crippen molar-refractivity contribution in [3.63, 3.8) is 0 Å². The van der Waals surface area contributed by atoms with Crippen LogP contribution in [0.15, 0.2) is 18.2 Å². The fourth-order valence-corrected chi connectivity index (χ4v) is 3.71. The van der Waals surface area contributed by atoms with Crippen molar-refractivity contribution in [2.45, 2.75) is 52.0 Å². The van der Waals surface area contributed by atoms with Crippen LogP contribution in [-0.2, 0) is 12.8 Å². The number of benzene rings is 1. The maximum Gasteiger partial charge on any atom is 0.317 e. The summed E-state index contributed by atoms with van der Waals surface area (Å²) in [6.45, 7) is 6.52. The van der Waals surface area contributed by atoms with E-state index in [1.165, 1.54) is 24.0 Å². The summed E-state index contributed by atoms with van der Waals surface area (Å²) in [6.07, 6.45) is 5.50. The molecule has 0 aromatic heterocycles. The first-order valence-electron chi connectivity index (χ1n) is 9.51. The third-order valence-corrected chi connectivity index (χ3v) is 5.08. The third kappa shape index (κ3) is 4.33. The van der Waals surface area contributed by atoms with Crippen LogP contribution in [0.2, 0.25) is 0 Å². The average Bonchev–Trinajstić information content (AvgIpc) is 2.86. The van der Waals surface area contributed by atoms with Crippen molar-refractivity contribution in [3.8, 4) is 0 Å². The lowest BCUT2D eigenvalue weighted by Gasteiger charge is -2.24. The summed E-state index contributed by atoms with van der Waals surface area (Å²) >= 11 is 0. The van der Waals surface area contributed by atoms with Crippen LogP contribution in [0, 0.1) is 0 Å². The number of carbonyl (C=O) groups excluding carboxylic acids is 2. The summed E-state index contributed by atoms with van der Waals surface area (Å²) in [4.78, 5) is 28.8. The van der Waals surface area contributed by atoms with Crippen molar-refractivity contribution < 1.29 is 9.59 Å². The lowest BCUT2D eigenvalue weighted by Crippen LogP contribution is -2.44. The number of hydrogen-bond donors (Lipinski definition) is 1. The quantitative estimate of drug-likeness (QED) is 0.898. The Bertz CT molecular complexity index is 642. The van der Waals surface area contributed by atoms with Crippen molar-refractivity contribution in [3.05, 3.63) is 34.9 Å². The van der Waals surface area contributed by atoms with Crippen LogP contribution in [0.4, 0.5) is 4.79 Å². The molecule has 5 nitrogen and oxygen atoms in total. The van der Waals surface area contributed by atoms with Crippen LogP contribution in [0.1, 0.15) is 54.6 Å². The topological polar surface area (TPSA) is 52.7 Å². The molecule has 3 rings (SSSR count). The smallest absolute Gasteiger partial charge is 0.317 e. The summed E-state index contributed by atoms with van der Waals surface area (Å²) in [7, 11) is 0. The minimum absolute atomic E-state index is 0.0296. The Morgan fingerprint density at radius 2 is 1.60 bits per heavy atom. The van der Waals surface area contributed by atoms with Crippen LogP contribution in [0.3, 0.4) is 0 Å². The minimum atomic E-state index is -0.0296. The van der Waals surface area contributed by atoms with Gasteiger partial charge in [0.1, 0.15) is 0 Å². The maximum atomic E-state index is 12.9. The fraction of sp³-hybridized carbons (Fsp3) is 0.600. The van der Waals surface area contributed by atoms with Crippen molar-refractivity contribution in [1.29, 1.82) is 0 Å². The molecule has 0 radical (unpaired) electrons. The molecule has 1 aromatic carbocycles. The van der Waals surface area contributed by atoms with Crippen LogP contribution in [0.25, 0.3) is 0 Å². The van der Waals surface area contributed by atoms with Crippen molar-refractivity contribution >= 4 is 11.9 Å². The van der Waals surface area contributed by atoms with Gasteiger partial charge in [0, 0.05) is 37.8 Å². The average molecular weight is 343 g/mol. The third-order valence-electron chi connectivity index (χ3n) is 5.08. The van der Waals surface area contributed by atoms with E-state index in [-0.39, 0.29) is 18.0 Å². The summed E-state index contributed by atoms with van der Waals surface area (Å²) in [5.74, 6) is 0.0968. The van der Waals surface area contributed by atoms with Gasteiger partial charge in [-0.15, -0.1) is 0 Å². The Hall–Kier alpha value is -2.04. The molecule has 0 spiro atoms. The molecule has 0 saturated carbocycles. The molecule has 25 heavy (non-hydrogen) atoms. The number of nitrogens with zero attached hydrogens (tertiary/aromatic N) is 2. The number of carbonyl (C=O) groups is 2. The molecule has 1 fully saturated rings. The second-order valence-electron chi connectivity index (χ2n) is 7.43. The van der Waals surface area contributed by atoms with Gasteiger partial charge in [-0.1, -0.05) is 6.07 Å². The second-order valence-corrected chi connectivity index (χ2v) is 7.43. The molecule has 0 atom stereocenters. The van der Waals surface area contributed by atoms with E-state index < -0.39 is 0 Å². The predicted molar refractivity (Wildman–Crippen MR) is 98.8 cm³/mol. The number of amides is 3. The molecule has 1 aliphatic heterocycles. The van der Waals surface area contributed by atoms with E-state index in [1.807, 2.05) is 29.7 Å².